The normalized spacial score (nSPS) is 29.9. The molecule has 20 heavy (non-hydrogen) atoms. The summed E-state index contributed by atoms with van der Waals surface area (Å²) in [5.74, 6) is 1.07. The van der Waals surface area contributed by atoms with Gasteiger partial charge < -0.3 is 0 Å². The van der Waals surface area contributed by atoms with E-state index in [2.05, 4.69) is 42.2 Å². The molecule has 3 atom stereocenters. The van der Waals surface area contributed by atoms with Gasteiger partial charge in [-0.15, -0.1) is 0 Å². The van der Waals surface area contributed by atoms with Crippen LogP contribution in [0.15, 0.2) is 24.3 Å². The van der Waals surface area contributed by atoms with E-state index in [4.69, 9.17) is 0 Å². The van der Waals surface area contributed by atoms with E-state index in [9.17, 15) is 5.26 Å². The van der Waals surface area contributed by atoms with Gasteiger partial charge in [-0.1, -0.05) is 44.0 Å². The molecule has 0 saturated heterocycles. The number of nitriles is 1. The highest BCUT2D eigenvalue weighted by Crippen LogP contribution is 2.37. The van der Waals surface area contributed by atoms with Crippen LogP contribution in [0.2, 0.25) is 0 Å². The number of benzene rings is 1. The first kappa shape index (κ1) is 13.6. The number of nitrogens with zero attached hydrogens (tertiary/aromatic N) is 2. The average molecular weight is 268 g/mol. The Hall–Kier alpha value is -1.33. The molecule has 1 aliphatic carbocycles. The van der Waals surface area contributed by atoms with Crippen molar-refractivity contribution < 1.29 is 0 Å². The lowest BCUT2D eigenvalue weighted by Gasteiger charge is -2.38. The van der Waals surface area contributed by atoms with Crippen molar-refractivity contribution in [1.82, 2.24) is 4.90 Å². The number of hydrogen-bond donors (Lipinski definition) is 0. The molecule has 0 aromatic heterocycles. The Labute approximate surface area is 122 Å². The van der Waals surface area contributed by atoms with E-state index in [1.807, 2.05) is 0 Å². The summed E-state index contributed by atoms with van der Waals surface area (Å²) in [6.07, 6.45) is 6.17. The van der Waals surface area contributed by atoms with Crippen molar-refractivity contribution in [3.05, 3.63) is 35.4 Å². The molecule has 2 nitrogen and oxygen atoms in total. The van der Waals surface area contributed by atoms with Gasteiger partial charge in [-0.2, -0.15) is 5.26 Å². The molecule has 1 heterocycles. The van der Waals surface area contributed by atoms with Crippen LogP contribution in [0, 0.1) is 23.2 Å². The first-order chi connectivity index (χ1) is 9.81. The van der Waals surface area contributed by atoms with Crippen LogP contribution < -0.4 is 0 Å². The van der Waals surface area contributed by atoms with Crippen LogP contribution in [0.25, 0.3) is 0 Å². The van der Waals surface area contributed by atoms with Gasteiger partial charge in [-0.25, -0.2) is 0 Å². The van der Waals surface area contributed by atoms with Crippen molar-refractivity contribution >= 4 is 0 Å². The van der Waals surface area contributed by atoms with Crippen LogP contribution >= 0.6 is 0 Å². The van der Waals surface area contributed by atoms with Crippen LogP contribution in [-0.2, 0) is 13.1 Å². The Morgan fingerprint density at radius 1 is 1.20 bits per heavy atom. The maximum atomic E-state index is 9.48. The summed E-state index contributed by atoms with van der Waals surface area (Å²) >= 11 is 0. The van der Waals surface area contributed by atoms with Crippen LogP contribution in [0.4, 0.5) is 0 Å². The van der Waals surface area contributed by atoms with E-state index < -0.39 is 0 Å². The largest absolute Gasteiger partial charge is 0.291 e. The zero-order chi connectivity index (χ0) is 13.9. The Bertz CT molecular complexity index is 477. The maximum Gasteiger partial charge on any atom is 0.0672 e. The minimum absolute atomic E-state index is 0.234. The fraction of sp³-hybridized carbons (Fsp3) is 0.611. The van der Waals surface area contributed by atoms with Crippen molar-refractivity contribution in [2.45, 2.75) is 58.2 Å². The van der Waals surface area contributed by atoms with Gasteiger partial charge in [0, 0.05) is 19.1 Å². The van der Waals surface area contributed by atoms with Gasteiger partial charge in [0.2, 0.25) is 0 Å². The highest BCUT2D eigenvalue weighted by Gasteiger charge is 2.36. The monoisotopic (exact) mass is 268 g/mol. The molecule has 106 valence electrons. The number of hydrogen-bond acceptors (Lipinski definition) is 2. The summed E-state index contributed by atoms with van der Waals surface area (Å²) in [6, 6.07) is 11.8. The average Bonchev–Trinajstić information content (AvgIpc) is 2.91. The lowest BCUT2D eigenvalue weighted by Crippen LogP contribution is -2.41. The molecule has 2 aliphatic rings. The molecule has 3 unspecified atom stereocenters. The standard InChI is InChI=1S/C18H24N2/c1-2-5-14-8-9-15(11-19)18(10-14)20-12-16-6-3-4-7-17(16)13-20/h3-4,6-7,14-15,18H,2,5,8-10,12-13H2,1H3. The van der Waals surface area contributed by atoms with Gasteiger partial charge in [0.15, 0.2) is 0 Å². The number of fused-ring (bicyclic) bond motifs is 1. The zero-order valence-corrected chi connectivity index (χ0v) is 12.4. The second-order valence-electron chi connectivity index (χ2n) is 6.44. The van der Waals surface area contributed by atoms with E-state index in [0.29, 0.717) is 6.04 Å². The molecule has 2 heteroatoms. The maximum absolute atomic E-state index is 9.48. The van der Waals surface area contributed by atoms with Crippen molar-refractivity contribution in [2.24, 2.45) is 11.8 Å². The second-order valence-corrected chi connectivity index (χ2v) is 6.44. The molecule has 0 bridgehead atoms. The van der Waals surface area contributed by atoms with E-state index in [-0.39, 0.29) is 5.92 Å². The highest BCUT2D eigenvalue weighted by atomic mass is 15.2. The fourth-order valence-corrected chi connectivity index (χ4v) is 4.05. The summed E-state index contributed by atoms with van der Waals surface area (Å²) < 4.78 is 0. The molecular weight excluding hydrogens is 244 g/mol. The van der Waals surface area contributed by atoms with E-state index >= 15 is 0 Å². The predicted octanol–water partition coefficient (Wildman–Crippen LogP) is 4.11. The van der Waals surface area contributed by atoms with Gasteiger partial charge in [-0.05, 0) is 36.3 Å². The third kappa shape index (κ3) is 2.60. The van der Waals surface area contributed by atoms with E-state index in [1.165, 1.54) is 36.8 Å². The van der Waals surface area contributed by atoms with Gasteiger partial charge in [0.25, 0.3) is 0 Å². The first-order valence-corrected chi connectivity index (χ1v) is 8.02. The molecule has 3 rings (SSSR count). The third-order valence-electron chi connectivity index (χ3n) is 5.12. The first-order valence-electron chi connectivity index (χ1n) is 8.02. The molecule has 0 radical (unpaired) electrons. The zero-order valence-electron chi connectivity index (χ0n) is 12.4. The van der Waals surface area contributed by atoms with E-state index in [1.54, 1.807) is 0 Å². The van der Waals surface area contributed by atoms with E-state index in [0.717, 1.165) is 25.4 Å². The molecule has 1 aromatic rings. The van der Waals surface area contributed by atoms with Gasteiger partial charge >= 0.3 is 0 Å². The summed E-state index contributed by atoms with van der Waals surface area (Å²) in [4.78, 5) is 2.56. The molecule has 1 fully saturated rings. The molecule has 0 N–H and O–H groups in total. The lowest BCUT2D eigenvalue weighted by molar-refractivity contribution is 0.0960. The SMILES string of the molecule is CCCC1CCC(C#N)C(N2Cc3ccccc3C2)C1. The quantitative estimate of drug-likeness (QED) is 0.825. The Morgan fingerprint density at radius 3 is 2.50 bits per heavy atom. The smallest absolute Gasteiger partial charge is 0.0672 e. The molecular formula is C18H24N2. The van der Waals surface area contributed by atoms with Crippen molar-refractivity contribution in [1.29, 1.82) is 5.26 Å². The van der Waals surface area contributed by atoms with Crippen LogP contribution in [0.3, 0.4) is 0 Å². The van der Waals surface area contributed by atoms with Crippen LogP contribution in [0.5, 0.6) is 0 Å². The molecule has 0 spiro atoms. The Morgan fingerprint density at radius 2 is 1.90 bits per heavy atom. The van der Waals surface area contributed by atoms with Crippen molar-refractivity contribution in [3.63, 3.8) is 0 Å². The molecule has 1 aromatic carbocycles. The van der Waals surface area contributed by atoms with Gasteiger partial charge in [-0.3, -0.25) is 4.90 Å². The third-order valence-corrected chi connectivity index (χ3v) is 5.12. The van der Waals surface area contributed by atoms with Crippen LogP contribution in [-0.4, -0.2) is 10.9 Å². The predicted molar refractivity (Wildman–Crippen MR) is 80.8 cm³/mol. The summed E-state index contributed by atoms with van der Waals surface area (Å²) in [5.41, 5.74) is 2.92. The Kier molecular flexibility index (Phi) is 4.08. The molecule has 0 amide bonds. The lowest BCUT2D eigenvalue weighted by atomic mass is 9.76. The molecule has 1 saturated carbocycles. The van der Waals surface area contributed by atoms with Gasteiger partial charge in [0.1, 0.15) is 0 Å². The minimum Gasteiger partial charge on any atom is -0.291 e. The van der Waals surface area contributed by atoms with Crippen LogP contribution in [0.1, 0.15) is 50.2 Å². The van der Waals surface area contributed by atoms with Gasteiger partial charge in [0.05, 0.1) is 12.0 Å². The number of rotatable bonds is 3. The Balaban J connectivity index is 1.73. The summed E-state index contributed by atoms with van der Waals surface area (Å²) in [5, 5.41) is 9.48. The van der Waals surface area contributed by atoms with Crippen molar-refractivity contribution in [2.75, 3.05) is 0 Å². The van der Waals surface area contributed by atoms with Crippen molar-refractivity contribution in [3.8, 4) is 6.07 Å². The molecule has 1 aliphatic heterocycles. The second kappa shape index (κ2) is 5.97. The fourth-order valence-electron chi connectivity index (χ4n) is 4.05. The summed E-state index contributed by atoms with van der Waals surface area (Å²) in [6.45, 7) is 4.35. The summed E-state index contributed by atoms with van der Waals surface area (Å²) in [7, 11) is 0. The topological polar surface area (TPSA) is 27.0 Å². The minimum atomic E-state index is 0.234. The highest BCUT2D eigenvalue weighted by molar-refractivity contribution is 5.30.